The third-order valence-electron chi connectivity index (χ3n) is 5.63. The van der Waals surface area contributed by atoms with Crippen LogP contribution >= 0.6 is 0 Å². The average Bonchev–Trinajstić information content (AvgIpc) is 2.66. The van der Waals surface area contributed by atoms with E-state index in [0.29, 0.717) is 0 Å². The van der Waals surface area contributed by atoms with E-state index < -0.39 is 5.41 Å². The fourth-order valence-electron chi connectivity index (χ4n) is 3.63. The third kappa shape index (κ3) is 3.37. The molecule has 0 bridgehead atoms. The Morgan fingerprint density at radius 2 is 1.33 bits per heavy atom. The van der Waals surface area contributed by atoms with Crippen LogP contribution < -0.4 is 5.73 Å². The minimum atomic E-state index is -0.670. The molecule has 2 aromatic carbocycles. The Balaban J connectivity index is 2.54. The van der Waals surface area contributed by atoms with Gasteiger partial charge in [0, 0.05) is 5.54 Å². The molecule has 2 aromatic rings. The first-order chi connectivity index (χ1) is 11.5. The molecule has 0 aromatic heterocycles. The normalized spacial score (nSPS) is 13.3. The standard InChI is InChI=1S/C22H28N2/c1-4-22(24,5-2)18(3)16-21(17-23,19-12-8-6-9-13-19)20-14-10-7-11-15-20/h6-15,18H,4-5,16,24H2,1-3H3. The van der Waals surface area contributed by atoms with Gasteiger partial charge in [0.1, 0.15) is 5.41 Å². The van der Waals surface area contributed by atoms with E-state index in [1.165, 1.54) is 0 Å². The first-order valence-electron chi connectivity index (χ1n) is 8.83. The van der Waals surface area contributed by atoms with E-state index >= 15 is 0 Å². The second-order valence-corrected chi connectivity index (χ2v) is 6.79. The van der Waals surface area contributed by atoms with Crippen LogP contribution in [0.1, 0.15) is 51.2 Å². The maximum absolute atomic E-state index is 10.3. The van der Waals surface area contributed by atoms with Gasteiger partial charge in [-0.3, -0.25) is 0 Å². The fourth-order valence-corrected chi connectivity index (χ4v) is 3.63. The molecule has 0 saturated carbocycles. The van der Waals surface area contributed by atoms with Gasteiger partial charge in [-0.25, -0.2) is 0 Å². The van der Waals surface area contributed by atoms with Crippen LogP contribution in [0, 0.1) is 17.2 Å². The molecule has 0 aliphatic heterocycles. The highest BCUT2D eigenvalue weighted by Crippen LogP contribution is 2.41. The maximum Gasteiger partial charge on any atom is 0.107 e. The summed E-state index contributed by atoms with van der Waals surface area (Å²) in [6.07, 6.45) is 2.54. The molecule has 0 heterocycles. The molecule has 126 valence electrons. The molecule has 0 radical (unpaired) electrons. The summed E-state index contributed by atoms with van der Waals surface area (Å²) in [5.41, 5.74) is 7.82. The van der Waals surface area contributed by atoms with E-state index in [1.807, 2.05) is 36.4 Å². The topological polar surface area (TPSA) is 49.8 Å². The highest BCUT2D eigenvalue weighted by atomic mass is 14.7. The lowest BCUT2D eigenvalue weighted by molar-refractivity contribution is 0.236. The quantitative estimate of drug-likeness (QED) is 0.777. The van der Waals surface area contributed by atoms with Gasteiger partial charge in [0.15, 0.2) is 0 Å². The van der Waals surface area contributed by atoms with Gasteiger partial charge in [0.2, 0.25) is 0 Å². The first-order valence-corrected chi connectivity index (χ1v) is 8.83. The minimum absolute atomic E-state index is 0.229. The second-order valence-electron chi connectivity index (χ2n) is 6.79. The Morgan fingerprint density at radius 3 is 1.67 bits per heavy atom. The Morgan fingerprint density at radius 1 is 0.917 bits per heavy atom. The lowest BCUT2D eigenvalue weighted by Gasteiger charge is -2.39. The van der Waals surface area contributed by atoms with E-state index in [9.17, 15) is 5.26 Å². The number of nitriles is 1. The number of hydrogen-bond donors (Lipinski definition) is 1. The van der Waals surface area contributed by atoms with Crippen LogP contribution in [0.4, 0.5) is 0 Å². The summed E-state index contributed by atoms with van der Waals surface area (Å²) in [6, 6.07) is 22.9. The SMILES string of the molecule is CCC(N)(CC)C(C)CC(C#N)(c1ccccc1)c1ccccc1. The number of benzene rings is 2. The van der Waals surface area contributed by atoms with Crippen molar-refractivity contribution in [1.29, 1.82) is 5.26 Å². The third-order valence-corrected chi connectivity index (χ3v) is 5.63. The summed E-state index contributed by atoms with van der Waals surface area (Å²) in [6.45, 7) is 6.46. The predicted octanol–water partition coefficient (Wildman–Crippen LogP) is 5.04. The zero-order valence-electron chi connectivity index (χ0n) is 15.0. The van der Waals surface area contributed by atoms with Gasteiger partial charge in [-0.15, -0.1) is 0 Å². The van der Waals surface area contributed by atoms with Crippen LogP contribution in [-0.4, -0.2) is 5.54 Å². The Hall–Kier alpha value is -2.11. The number of nitrogens with two attached hydrogens (primary N) is 1. The predicted molar refractivity (Wildman–Crippen MR) is 101 cm³/mol. The highest BCUT2D eigenvalue weighted by molar-refractivity contribution is 5.46. The van der Waals surface area contributed by atoms with Crippen LogP contribution in [-0.2, 0) is 5.41 Å². The van der Waals surface area contributed by atoms with Crippen molar-refractivity contribution < 1.29 is 0 Å². The molecular formula is C22H28N2. The molecule has 0 fully saturated rings. The van der Waals surface area contributed by atoms with Crippen molar-refractivity contribution in [3.05, 3.63) is 71.8 Å². The van der Waals surface area contributed by atoms with E-state index in [2.05, 4.69) is 51.1 Å². The molecule has 2 rings (SSSR count). The van der Waals surface area contributed by atoms with Crippen LogP contribution in [0.2, 0.25) is 0 Å². The molecule has 0 saturated heterocycles. The molecule has 2 nitrogen and oxygen atoms in total. The average molecular weight is 320 g/mol. The summed E-state index contributed by atoms with van der Waals surface area (Å²) < 4.78 is 0. The molecule has 2 N–H and O–H groups in total. The molecule has 1 unspecified atom stereocenters. The van der Waals surface area contributed by atoms with Crippen LogP contribution in [0.3, 0.4) is 0 Å². The van der Waals surface area contributed by atoms with Crippen molar-refractivity contribution >= 4 is 0 Å². The summed E-state index contributed by atoms with van der Waals surface area (Å²) in [5, 5.41) is 10.3. The minimum Gasteiger partial charge on any atom is -0.325 e. The van der Waals surface area contributed by atoms with Gasteiger partial charge in [-0.2, -0.15) is 5.26 Å². The van der Waals surface area contributed by atoms with Crippen molar-refractivity contribution in [3.8, 4) is 6.07 Å². The largest absolute Gasteiger partial charge is 0.325 e. The zero-order valence-corrected chi connectivity index (χ0v) is 15.0. The van der Waals surface area contributed by atoms with Gasteiger partial charge in [-0.1, -0.05) is 81.4 Å². The van der Waals surface area contributed by atoms with Gasteiger partial charge < -0.3 is 5.73 Å². The lowest BCUT2D eigenvalue weighted by Crippen LogP contribution is -2.47. The van der Waals surface area contributed by atoms with Gasteiger partial charge in [0.05, 0.1) is 6.07 Å². The van der Waals surface area contributed by atoms with Crippen molar-refractivity contribution in [2.75, 3.05) is 0 Å². The summed E-state index contributed by atoms with van der Waals surface area (Å²) in [4.78, 5) is 0. The molecule has 0 aliphatic carbocycles. The molecule has 0 amide bonds. The van der Waals surface area contributed by atoms with Gasteiger partial charge >= 0.3 is 0 Å². The molecular weight excluding hydrogens is 292 g/mol. The van der Waals surface area contributed by atoms with E-state index in [4.69, 9.17) is 5.73 Å². The molecule has 0 aliphatic rings. The Bertz CT molecular complexity index is 627. The number of nitrogens with zero attached hydrogens (tertiary/aromatic N) is 1. The number of hydrogen-bond acceptors (Lipinski definition) is 2. The summed E-state index contributed by atoms with van der Waals surface area (Å²) in [7, 11) is 0. The van der Waals surface area contributed by atoms with Crippen molar-refractivity contribution in [1.82, 2.24) is 0 Å². The second kappa shape index (κ2) is 7.64. The maximum atomic E-state index is 10.3. The Labute approximate surface area is 146 Å². The summed E-state index contributed by atoms with van der Waals surface area (Å²) >= 11 is 0. The van der Waals surface area contributed by atoms with Gasteiger partial charge in [0.25, 0.3) is 0 Å². The van der Waals surface area contributed by atoms with E-state index in [1.54, 1.807) is 0 Å². The number of rotatable bonds is 7. The van der Waals surface area contributed by atoms with Crippen LogP contribution in [0.5, 0.6) is 0 Å². The van der Waals surface area contributed by atoms with Crippen molar-refractivity contribution in [3.63, 3.8) is 0 Å². The van der Waals surface area contributed by atoms with Crippen molar-refractivity contribution in [2.24, 2.45) is 11.7 Å². The van der Waals surface area contributed by atoms with Crippen molar-refractivity contribution in [2.45, 2.75) is 51.0 Å². The fraction of sp³-hybridized carbons (Fsp3) is 0.409. The zero-order chi connectivity index (χ0) is 17.6. The summed E-state index contributed by atoms with van der Waals surface area (Å²) in [5.74, 6) is 0.229. The smallest absolute Gasteiger partial charge is 0.107 e. The monoisotopic (exact) mass is 320 g/mol. The van der Waals surface area contributed by atoms with Gasteiger partial charge in [-0.05, 0) is 36.3 Å². The van der Waals surface area contributed by atoms with E-state index in [0.717, 1.165) is 30.4 Å². The molecule has 0 spiro atoms. The van der Waals surface area contributed by atoms with Crippen LogP contribution in [0.15, 0.2) is 60.7 Å². The molecule has 2 heteroatoms. The highest BCUT2D eigenvalue weighted by Gasteiger charge is 2.40. The molecule has 1 atom stereocenters. The lowest BCUT2D eigenvalue weighted by atomic mass is 9.66. The molecule has 24 heavy (non-hydrogen) atoms. The first kappa shape index (κ1) is 18.2. The van der Waals surface area contributed by atoms with E-state index in [-0.39, 0.29) is 11.5 Å². The van der Waals surface area contributed by atoms with Crippen LogP contribution in [0.25, 0.3) is 0 Å². The Kier molecular flexibility index (Phi) is 5.80.